The van der Waals surface area contributed by atoms with Gasteiger partial charge in [-0.25, -0.2) is 9.59 Å². The minimum Gasteiger partial charge on any atom is -0.495 e. The molecule has 0 saturated carbocycles. The zero-order chi connectivity index (χ0) is 24.5. The lowest BCUT2D eigenvalue weighted by Gasteiger charge is -2.18. The maximum absolute atomic E-state index is 12.7. The monoisotopic (exact) mass is 470 g/mol. The number of benzene rings is 3. The molecule has 4 aromatic rings. The molecule has 178 valence electrons. The summed E-state index contributed by atoms with van der Waals surface area (Å²) in [4.78, 5) is 24.6. The fraction of sp³-hybridized carbons (Fsp3) is 0.214. The molecule has 1 aromatic heterocycles. The number of alkyl carbamates (subject to hydrolysis) is 1. The lowest BCUT2D eigenvalue weighted by molar-refractivity contribution is -0.139. The van der Waals surface area contributed by atoms with E-state index >= 15 is 0 Å². The number of hydrogen-bond acceptors (Lipinski definition) is 4. The number of ether oxygens (including phenoxy) is 2. The van der Waals surface area contributed by atoms with E-state index in [1.54, 1.807) is 7.11 Å². The smallest absolute Gasteiger partial charge is 0.407 e. The summed E-state index contributed by atoms with van der Waals surface area (Å²) >= 11 is 0. The first-order chi connectivity index (χ1) is 17.0. The molecule has 0 aliphatic heterocycles. The second-order valence-electron chi connectivity index (χ2n) is 8.66. The molecule has 7 heteroatoms. The van der Waals surface area contributed by atoms with Gasteiger partial charge in [-0.1, -0.05) is 60.7 Å². The molecule has 1 atom stereocenters. The van der Waals surface area contributed by atoms with Crippen LogP contribution in [0.5, 0.6) is 5.75 Å². The maximum Gasteiger partial charge on any atom is 0.407 e. The van der Waals surface area contributed by atoms with Gasteiger partial charge in [0.25, 0.3) is 0 Å². The Morgan fingerprint density at radius 3 is 2.29 bits per heavy atom. The third-order valence-electron chi connectivity index (χ3n) is 6.69. The molecule has 2 N–H and O–H groups in total. The Morgan fingerprint density at radius 1 is 1.00 bits per heavy atom. The Bertz CT molecular complexity index is 1380. The highest BCUT2D eigenvalue weighted by Crippen LogP contribution is 2.44. The van der Waals surface area contributed by atoms with Crippen LogP contribution < -0.4 is 10.1 Å². The maximum atomic E-state index is 12.7. The third kappa shape index (κ3) is 4.10. The van der Waals surface area contributed by atoms with Gasteiger partial charge in [0.1, 0.15) is 18.4 Å². The van der Waals surface area contributed by atoms with Crippen LogP contribution in [0, 0.1) is 0 Å². The zero-order valence-corrected chi connectivity index (χ0v) is 19.5. The molecular weight excluding hydrogens is 444 g/mol. The van der Waals surface area contributed by atoms with Crippen molar-refractivity contribution >= 4 is 23.0 Å². The van der Waals surface area contributed by atoms with E-state index < -0.39 is 18.1 Å². The van der Waals surface area contributed by atoms with Gasteiger partial charge < -0.3 is 24.5 Å². The van der Waals surface area contributed by atoms with E-state index in [4.69, 9.17) is 9.47 Å². The molecule has 1 aliphatic rings. The third-order valence-corrected chi connectivity index (χ3v) is 6.69. The van der Waals surface area contributed by atoms with Gasteiger partial charge in [0.2, 0.25) is 0 Å². The Kier molecular flexibility index (Phi) is 5.91. The van der Waals surface area contributed by atoms with E-state index in [1.807, 2.05) is 72.3 Å². The second kappa shape index (κ2) is 9.18. The largest absolute Gasteiger partial charge is 0.495 e. The van der Waals surface area contributed by atoms with Crippen molar-refractivity contribution < 1.29 is 24.2 Å². The Morgan fingerprint density at radius 2 is 1.66 bits per heavy atom. The SMILES string of the molecule is COc1cccc2cc(CC(NC(=O)OCC3c4ccccc4-c4ccccc43)C(=O)O)n(C)c12. The summed E-state index contributed by atoms with van der Waals surface area (Å²) in [6.07, 6.45) is -0.649. The first-order valence-corrected chi connectivity index (χ1v) is 11.4. The van der Waals surface area contributed by atoms with Gasteiger partial charge in [-0.15, -0.1) is 0 Å². The summed E-state index contributed by atoms with van der Waals surface area (Å²) in [6, 6.07) is 22.6. The lowest BCUT2D eigenvalue weighted by Crippen LogP contribution is -2.43. The van der Waals surface area contributed by atoms with Crippen LogP contribution in [0.25, 0.3) is 22.0 Å². The number of rotatable bonds is 7. The standard InChI is InChI=1S/C28H26N2O5/c1-30-18(14-17-8-7-13-25(34-2)26(17)30)15-24(27(31)32)29-28(33)35-16-23-21-11-5-3-9-19(21)20-10-4-6-12-22(20)23/h3-14,23-24H,15-16H2,1-2H3,(H,29,33)(H,31,32). The van der Waals surface area contributed by atoms with Crippen LogP contribution in [0.3, 0.4) is 0 Å². The first-order valence-electron chi connectivity index (χ1n) is 11.4. The average Bonchev–Trinajstić information content (AvgIpc) is 3.36. The van der Waals surface area contributed by atoms with E-state index in [9.17, 15) is 14.7 Å². The number of carboxylic acids is 1. The zero-order valence-electron chi connectivity index (χ0n) is 19.5. The average molecular weight is 471 g/mol. The Hall–Kier alpha value is -4.26. The topological polar surface area (TPSA) is 89.8 Å². The number of fused-ring (bicyclic) bond motifs is 4. The van der Waals surface area contributed by atoms with E-state index in [2.05, 4.69) is 17.4 Å². The number of aliphatic carboxylic acids is 1. The number of aryl methyl sites for hydroxylation is 1. The number of nitrogens with zero attached hydrogens (tertiary/aromatic N) is 1. The number of aromatic nitrogens is 1. The van der Waals surface area contributed by atoms with Gasteiger partial charge in [-0.05, 0) is 34.4 Å². The van der Waals surface area contributed by atoms with Gasteiger partial charge in [-0.2, -0.15) is 0 Å². The van der Waals surface area contributed by atoms with E-state index in [0.717, 1.165) is 38.9 Å². The summed E-state index contributed by atoms with van der Waals surface area (Å²) in [6.45, 7) is 0.122. The van der Waals surface area contributed by atoms with Crippen molar-refractivity contribution in [2.75, 3.05) is 13.7 Å². The summed E-state index contributed by atoms with van der Waals surface area (Å²) in [5.74, 6) is -0.523. The minimum absolute atomic E-state index is 0.0953. The van der Waals surface area contributed by atoms with Crippen molar-refractivity contribution in [3.8, 4) is 16.9 Å². The number of amides is 1. The molecule has 3 aromatic carbocycles. The van der Waals surface area contributed by atoms with Crippen LogP contribution in [0.2, 0.25) is 0 Å². The number of methoxy groups -OCH3 is 1. The Labute approximate surface area is 202 Å². The first kappa shape index (κ1) is 22.5. The fourth-order valence-corrected chi connectivity index (χ4v) is 4.99. The van der Waals surface area contributed by atoms with Crippen LogP contribution in [-0.4, -0.2) is 41.5 Å². The quantitative estimate of drug-likeness (QED) is 0.408. The van der Waals surface area contributed by atoms with Gasteiger partial charge in [0.15, 0.2) is 0 Å². The molecule has 0 radical (unpaired) electrons. The highest BCUT2D eigenvalue weighted by atomic mass is 16.5. The predicted molar refractivity (Wildman–Crippen MR) is 133 cm³/mol. The van der Waals surface area contributed by atoms with Crippen LogP contribution in [0.1, 0.15) is 22.7 Å². The molecule has 1 aliphatic carbocycles. The lowest BCUT2D eigenvalue weighted by atomic mass is 9.98. The number of carbonyl (C=O) groups excluding carboxylic acids is 1. The minimum atomic E-state index is -1.14. The molecule has 7 nitrogen and oxygen atoms in total. The number of nitrogens with one attached hydrogen (secondary N) is 1. The highest BCUT2D eigenvalue weighted by Gasteiger charge is 2.30. The number of carbonyl (C=O) groups is 2. The van der Waals surface area contributed by atoms with Crippen molar-refractivity contribution in [2.24, 2.45) is 7.05 Å². The van der Waals surface area contributed by atoms with Crippen LogP contribution >= 0.6 is 0 Å². The number of para-hydroxylation sites is 1. The van der Waals surface area contributed by atoms with Gasteiger partial charge in [0, 0.05) is 30.5 Å². The molecule has 1 heterocycles. The van der Waals surface area contributed by atoms with Crippen molar-refractivity contribution in [2.45, 2.75) is 18.4 Å². The molecule has 0 saturated heterocycles. The normalized spacial score (nSPS) is 13.2. The van der Waals surface area contributed by atoms with Gasteiger partial charge in [0.05, 0.1) is 12.6 Å². The van der Waals surface area contributed by atoms with Crippen LogP contribution in [0.4, 0.5) is 4.79 Å². The van der Waals surface area contributed by atoms with Crippen LogP contribution in [-0.2, 0) is 23.0 Å². The number of carboxylic acid groups (broad SMARTS) is 1. The predicted octanol–water partition coefficient (Wildman–Crippen LogP) is 4.72. The summed E-state index contributed by atoms with van der Waals surface area (Å²) < 4.78 is 12.9. The van der Waals surface area contributed by atoms with Crippen molar-refractivity contribution in [3.63, 3.8) is 0 Å². The summed E-state index contributed by atoms with van der Waals surface area (Å²) in [7, 11) is 3.45. The summed E-state index contributed by atoms with van der Waals surface area (Å²) in [5, 5.41) is 13.3. The van der Waals surface area contributed by atoms with Crippen molar-refractivity contribution in [1.29, 1.82) is 0 Å². The molecular formula is C28H26N2O5. The molecule has 5 rings (SSSR count). The van der Waals surface area contributed by atoms with Crippen molar-refractivity contribution in [3.05, 3.63) is 89.6 Å². The summed E-state index contributed by atoms with van der Waals surface area (Å²) in [5.41, 5.74) is 6.09. The molecule has 35 heavy (non-hydrogen) atoms. The molecule has 0 fully saturated rings. The second-order valence-corrected chi connectivity index (χ2v) is 8.66. The van der Waals surface area contributed by atoms with Gasteiger partial charge >= 0.3 is 12.1 Å². The van der Waals surface area contributed by atoms with Gasteiger partial charge in [-0.3, -0.25) is 0 Å². The molecule has 0 bridgehead atoms. The highest BCUT2D eigenvalue weighted by molar-refractivity contribution is 5.87. The molecule has 0 spiro atoms. The van der Waals surface area contributed by atoms with E-state index in [0.29, 0.717) is 5.75 Å². The van der Waals surface area contributed by atoms with Crippen LogP contribution in [0.15, 0.2) is 72.8 Å². The number of hydrogen-bond donors (Lipinski definition) is 2. The van der Waals surface area contributed by atoms with Crippen molar-refractivity contribution in [1.82, 2.24) is 9.88 Å². The van der Waals surface area contributed by atoms with E-state index in [1.165, 1.54) is 0 Å². The Balaban J connectivity index is 1.30. The fourth-order valence-electron chi connectivity index (χ4n) is 4.99. The van der Waals surface area contributed by atoms with E-state index in [-0.39, 0.29) is 18.9 Å². The molecule has 1 amide bonds. The molecule has 1 unspecified atom stereocenters.